The molecule has 0 aliphatic carbocycles. The van der Waals surface area contributed by atoms with Gasteiger partial charge in [-0.1, -0.05) is 6.92 Å². The lowest BCUT2D eigenvalue weighted by atomic mass is 10.3. The Kier molecular flexibility index (Phi) is 4.24. The van der Waals surface area contributed by atoms with Crippen LogP contribution in [0.4, 0.5) is 9.39 Å². The van der Waals surface area contributed by atoms with Crippen molar-refractivity contribution in [3.8, 4) is 5.75 Å². The van der Waals surface area contributed by atoms with Crippen molar-refractivity contribution in [2.45, 2.75) is 18.2 Å². The summed E-state index contributed by atoms with van der Waals surface area (Å²) in [5.74, 6) is -0.730. The molecule has 0 spiro atoms. The zero-order chi connectivity index (χ0) is 14.8. The highest BCUT2D eigenvalue weighted by molar-refractivity contribution is 7.93. The molecule has 0 aliphatic rings. The number of sulfonamides is 1. The number of aromatic nitrogens is 1. The molecule has 20 heavy (non-hydrogen) atoms. The summed E-state index contributed by atoms with van der Waals surface area (Å²) < 4.78 is 45.0. The van der Waals surface area contributed by atoms with E-state index in [1.165, 1.54) is 24.5 Å². The van der Waals surface area contributed by atoms with Gasteiger partial charge in [-0.3, -0.25) is 4.72 Å². The van der Waals surface area contributed by atoms with E-state index in [1.54, 1.807) is 5.51 Å². The molecule has 0 atom stereocenters. The predicted octanol–water partition coefficient (Wildman–Crippen LogP) is 2.65. The summed E-state index contributed by atoms with van der Waals surface area (Å²) in [4.78, 5) is 4.00. The molecule has 0 fully saturated rings. The van der Waals surface area contributed by atoms with Crippen LogP contribution in [0, 0.1) is 5.82 Å². The highest BCUT2D eigenvalue weighted by Crippen LogP contribution is 2.26. The number of thiazole rings is 1. The Morgan fingerprint density at radius 3 is 2.85 bits per heavy atom. The van der Waals surface area contributed by atoms with Gasteiger partial charge in [0.05, 0.1) is 23.2 Å². The molecule has 1 N–H and O–H groups in total. The first-order valence-corrected chi connectivity index (χ1v) is 8.13. The average molecular weight is 316 g/mol. The third-order valence-corrected chi connectivity index (χ3v) is 4.90. The molecule has 0 radical (unpaired) electrons. The largest absolute Gasteiger partial charge is 0.494 e. The number of rotatable bonds is 5. The van der Waals surface area contributed by atoms with Gasteiger partial charge in [0.15, 0.2) is 11.6 Å². The number of nitrogens with one attached hydrogen (secondary N) is 1. The van der Waals surface area contributed by atoms with Crippen LogP contribution in [0.3, 0.4) is 0 Å². The minimum atomic E-state index is -3.79. The number of ether oxygens (including phenoxy) is 1. The first-order valence-electron chi connectivity index (χ1n) is 5.76. The van der Waals surface area contributed by atoms with E-state index >= 15 is 0 Å². The minimum absolute atomic E-state index is 0.0637. The fourth-order valence-electron chi connectivity index (χ4n) is 1.59. The maximum atomic E-state index is 13.3. The lowest BCUT2D eigenvalue weighted by molar-refractivity contribution is 0.385. The number of hydrogen-bond acceptors (Lipinski definition) is 5. The third kappa shape index (κ3) is 2.91. The fraction of sp³-hybridized carbons (Fsp3) is 0.250. The van der Waals surface area contributed by atoms with Gasteiger partial charge in [0, 0.05) is 6.07 Å². The second-order valence-corrected chi connectivity index (χ2v) is 6.42. The van der Waals surface area contributed by atoms with Gasteiger partial charge in [-0.2, -0.15) is 0 Å². The normalized spacial score (nSPS) is 11.3. The van der Waals surface area contributed by atoms with Crippen molar-refractivity contribution >= 4 is 26.4 Å². The number of methoxy groups -OCH3 is 1. The highest BCUT2D eigenvalue weighted by Gasteiger charge is 2.19. The van der Waals surface area contributed by atoms with E-state index in [0.29, 0.717) is 17.1 Å². The Labute approximate surface area is 120 Å². The van der Waals surface area contributed by atoms with E-state index in [2.05, 4.69) is 9.71 Å². The van der Waals surface area contributed by atoms with E-state index in [0.717, 1.165) is 12.1 Å². The summed E-state index contributed by atoms with van der Waals surface area (Å²) in [5.41, 5.74) is 2.25. The van der Waals surface area contributed by atoms with E-state index < -0.39 is 15.8 Å². The molecule has 0 saturated carbocycles. The van der Waals surface area contributed by atoms with Gasteiger partial charge in [0.2, 0.25) is 0 Å². The Morgan fingerprint density at radius 2 is 2.20 bits per heavy atom. The molecule has 1 aromatic carbocycles. The molecule has 2 rings (SSSR count). The van der Waals surface area contributed by atoms with Crippen LogP contribution < -0.4 is 9.46 Å². The fourth-order valence-corrected chi connectivity index (χ4v) is 3.72. The van der Waals surface area contributed by atoms with E-state index in [4.69, 9.17) is 4.74 Å². The van der Waals surface area contributed by atoms with Gasteiger partial charge < -0.3 is 4.74 Å². The second-order valence-electron chi connectivity index (χ2n) is 3.88. The lowest BCUT2D eigenvalue weighted by Crippen LogP contribution is -2.13. The van der Waals surface area contributed by atoms with Crippen LogP contribution in [-0.4, -0.2) is 20.5 Å². The number of halogens is 1. The van der Waals surface area contributed by atoms with Gasteiger partial charge in [0.25, 0.3) is 10.0 Å². The topological polar surface area (TPSA) is 68.3 Å². The van der Waals surface area contributed by atoms with Gasteiger partial charge in [-0.25, -0.2) is 17.8 Å². The SMILES string of the molecule is CCc1ncsc1NS(=O)(=O)c1ccc(F)c(OC)c1. The number of anilines is 1. The Hall–Kier alpha value is -1.67. The molecule has 2 aromatic rings. The minimum Gasteiger partial charge on any atom is -0.494 e. The van der Waals surface area contributed by atoms with Crippen molar-refractivity contribution in [2.75, 3.05) is 11.8 Å². The molecular formula is C12H13FN2O3S2. The van der Waals surface area contributed by atoms with E-state index in [-0.39, 0.29) is 10.6 Å². The van der Waals surface area contributed by atoms with Gasteiger partial charge in [0.1, 0.15) is 5.00 Å². The first kappa shape index (κ1) is 14.7. The number of aryl methyl sites for hydroxylation is 1. The number of hydrogen-bond donors (Lipinski definition) is 1. The van der Waals surface area contributed by atoms with Crippen molar-refractivity contribution in [3.63, 3.8) is 0 Å². The second kappa shape index (κ2) is 5.76. The molecule has 1 heterocycles. The molecule has 0 amide bonds. The molecule has 0 unspecified atom stereocenters. The van der Waals surface area contributed by atoms with Crippen molar-refractivity contribution in [3.05, 3.63) is 35.2 Å². The Balaban J connectivity index is 2.36. The molecule has 0 saturated heterocycles. The Bertz CT molecular complexity index is 713. The van der Waals surface area contributed by atoms with E-state index in [1.807, 2.05) is 6.92 Å². The van der Waals surface area contributed by atoms with Crippen LogP contribution in [0.2, 0.25) is 0 Å². The number of nitrogens with zero attached hydrogens (tertiary/aromatic N) is 1. The maximum absolute atomic E-state index is 13.3. The molecule has 1 aromatic heterocycles. The van der Waals surface area contributed by atoms with Crippen LogP contribution in [0.1, 0.15) is 12.6 Å². The zero-order valence-corrected chi connectivity index (χ0v) is 12.5. The van der Waals surface area contributed by atoms with Crippen LogP contribution in [0.25, 0.3) is 0 Å². The number of benzene rings is 1. The summed E-state index contributed by atoms with van der Waals surface area (Å²) in [7, 11) is -2.51. The monoisotopic (exact) mass is 316 g/mol. The van der Waals surface area contributed by atoms with Crippen LogP contribution in [-0.2, 0) is 16.4 Å². The van der Waals surface area contributed by atoms with Gasteiger partial charge >= 0.3 is 0 Å². The molecule has 0 bridgehead atoms. The average Bonchev–Trinajstić information content (AvgIpc) is 2.85. The van der Waals surface area contributed by atoms with Crippen molar-refractivity contribution in [1.29, 1.82) is 0 Å². The van der Waals surface area contributed by atoms with Gasteiger partial charge in [-0.15, -0.1) is 11.3 Å². The zero-order valence-electron chi connectivity index (χ0n) is 10.9. The molecule has 8 heteroatoms. The third-order valence-electron chi connectivity index (χ3n) is 2.64. The smallest absolute Gasteiger partial charge is 0.262 e. The highest BCUT2D eigenvalue weighted by atomic mass is 32.2. The van der Waals surface area contributed by atoms with E-state index in [9.17, 15) is 12.8 Å². The summed E-state index contributed by atoms with van der Waals surface area (Å²) in [6.07, 6.45) is 0.619. The summed E-state index contributed by atoms with van der Waals surface area (Å²) in [5, 5.41) is 0.468. The summed E-state index contributed by atoms with van der Waals surface area (Å²) >= 11 is 1.20. The summed E-state index contributed by atoms with van der Waals surface area (Å²) in [6, 6.07) is 3.39. The molecule has 5 nitrogen and oxygen atoms in total. The van der Waals surface area contributed by atoms with Crippen molar-refractivity contribution in [1.82, 2.24) is 4.98 Å². The Morgan fingerprint density at radius 1 is 1.45 bits per heavy atom. The quantitative estimate of drug-likeness (QED) is 0.921. The van der Waals surface area contributed by atoms with Gasteiger partial charge in [-0.05, 0) is 18.6 Å². The molecule has 0 aliphatic heterocycles. The lowest BCUT2D eigenvalue weighted by Gasteiger charge is -2.09. The van der Waals surface area contributed by atoms with Crippen LogP contribution >= 0.6 is 11.3 Å². The van der Waals surface area contributed by atoms with Crippen LogP contribution in [0.5, 0.6) is 5.75 Å². The van der Waals surface area contributed by atoms with Crippen molar-refractivity contribution < 1.29 is 17.5 Å². The van der Waals surface area contributed by atoms with Crippen LogP contribution in [0.15, 0.2) is 28.6 Å². The molecular weight excluding hydrogens is 303 g/mol. The maximum Gasteiger partial charge on any atom is 0.262 e. The standard InChI is InChI=1S/C12H13FN2O3S2/c1-3-10-12(19-7-14-10)15-20(16,17)8-4-5-9(13)11(6-8)18-2/h4-7,15H,3H2,1-2H3. The predicted molar refractivity (Wildman–Crippen MR) is 75.3 cm³/mol. The van der Waals surface area contributed by atoms with Crippen molar-refractivity contribution in [2.24, 2.45) is 0 Å². The first-order chi connectivity index (χ1) is 9.47. The molecule has 108 valence electrons. The summed E-state index contributed by atoms with van der Waals surface area (Å²) in [6.45, 7) is 1.88.